The average Bonchev–Trinajstić information content (AvgIpc) is 3.21. The number of carbonyl (C=O) groups is 2. The lowest BCUT2D eigenvalue weighted by Gasteiger charge is -2.33. The van der Waals surface area contributed by atoms with Crippen LogP contribution in [0.5, 0.6) is 5.75 Å². The summed E-state index contributed by atoms with van der Waals surface area (Å²) in [4.78, 5) is 27.1. The van der Waals surface area contributed by atoms with Crippen molar-refractivity contribution in [1.29, 1.82) is 0 Å². The molecule has 0 atom stereocenters. The summed E-state index contributed by atoms with van der Waals surface area (Å²) < 4.78 is 12.1. The first-order chi connectivity index (χ1) is 12.7. The Bertz CT molecular complexity index is 724. The second-order valence-electron chi connectivity index (χ2n) is 5.69. The highest BCUT2D eigenvalue weighted by Crippen LogP contribution is 2.16. The molecule has 9 nitrogen and oxygen atoms in total. The second-order valence-corrected chi connectivity index (χ2v) is 5.69. The van der Waals surface area contributed by atoms with Gasteiger partial charge < -0.3 is 25.0 Å². The van der Waals surface area contributed by atoms with Gasteiger partial charge in [-0.3, -0.25) is 0 Å². The Morgan fingerprint density at radius 1 is 1.04 bits per heavy atom. The fourth-order valence-corrected chi connectivity index (χ4v) is 2.56. The number of aromatic nitrogens is 2. The van der Waals surface area contributed by atoms with E-state index >= 15 is 0 Å². The van der Waals surface area contributed by atoms with Crippen molar-refractivity contribution in [2.24, 2.45) is 5.73 Å². The molecule has 1 saturated heterocycles. The van der Waals surface area contributed by atoms with Crippen molar-refractivity contribution >= 4 is 12.2 Å². The molecule has 0 saturated carbocycles. The number of nitrogens with two attached hydrogens (primary N) is 1. The number of nitrogens with zero attached hydrogens (tertiary/aromatic N) is 4. The zero-order chi connectivity index (χ0) is 18.4. The highest BCUT2D eigenvalue weighted by molar-refractivity contribution is 5.72. The highest BCUT2D eigenvalue weighted by Gasteiger charge is 2.26. The Hall–Kier alpha value is -3.07. The first-order valence-electron chi connectivity index (χ1n) is 8.36. The molecule has 1 aliphatic rings. The smallest absolute Gasteiger partial charge is 0.415 e. The molecule has 26 heavy (non-hydrogen) atoms. The summed E-state index contributed by atoms with van der Waals surface area (Å²) in [6.45, 7) is 2.06. The van der Waals surface area contributed by atoms with Crippen LogP contribution in [0.15, 0.2) is 42.7 Å². The van der Waals surface area contributed by atoms with E-state index in [0.29, 0.717) is 31.9 Å². The van der Waals surface area contributed by atoms with Gasteiger partial charge in [-0.15, -0.1) is 0 Å². The number of rotatable bonds is 4. The average molecular weight is 359 g/mol. The largest absolute Gasteiger partial charge is 0.448 e. The molecule has 3 rings (SSSR count). The number of amides is 2. The van der Waals surface area contributed by atoms with Crippen LogP contribution >= 0.6 is 0 Å². The van der Waals surface area contributed by atoms with Crippen molar-refractivity contribution in [1.82, 2.24) is 19.6 Å². The minimum Gasteiger partial charge on any atom is -0.448 e. The molecule has 2 N–H and O–H groups in total. The first-order valence-corrected chi connectivity index (χ1v) is 8.36. The molecule has 0 bridgehead atoms. The molecule has 2 amide bonds. The fourth-order valence-electron chi connectivity index (χ4n) is 2.56. The number of piperazine rings is 1. The van der Waals surface area contributed by atoms with Gasteiger partial charge in [-0.25, -0.2) is 14.3 Å². The summed E-state index contributed by atoms with van der Waals surface area (Å²) in [5, 5.41) is 4.14. The molecule has 0 aliphatic carbocycles. The van der Waals surface area contributed by atoms with Gasteiger partial charge in [-0.2, -0.15) is 5.10 Å². The third-order valence-electron chi connectivity index (χ3n) is 3.95. The minimum atomic E-state index is -0.438. The van der Waals surface area contributed by atoms with E-state index in [1.165, 1.54) is 0 Å². The van der Waals surface area contributed by atoms with Crippen LogP contribution in [0, 0.1) is 0 Å². The summed E-state index contributed by atoms with van der Waals surface area (Å²) in [6, 6.07) is 8.91. The second kappa shape index (κ2) is 8.34. The van der Waals surface area contributed by atoms with Crippen LogP contribution < -0.4 is 10.5 Å². The molecule has 9 heteroatoms. The van der Waals surface area contributed by atoms with Gasteiger partial charge >= 0.3 is 12.2 Å². The molecule has 1 fully saturated rings. The zero-order valence-corrected chi connectivity index (χ0v) is 14.3. The molecule has 1 aliphatic heterocycles. The molecule has 138 valence electrons. The highest BCUT2D eigenvalue weighted by atomic mass is 16.6. The van der Waals surface area contributed by atoms with Crippen molar-refractivity contribution < 1.29 is 19.1 Å². The van der Waals surface area contributed by atoms with E-state index in [-0.39, 0.29) is 13.2 Å². The van der Waals surface area contributed by atoms with Gasteiger partial charge in [0.1, 0.15) is 12.4 Å². The lowest BCUT2D eigenvalue weighted by Crippen LogP contribution is -2.51. The quantitative estimate of drug-likeness (QED) is 0.876. The molecule has 2 aromatic rings. The summed E-state index contributed by atoms with van der Waals surface area (Å²) in [5.74, 6) is 0.454. The first kappa shape index (κ1) is 17.7. The summed E-state index contributed by atoms with van der Waals surface area (Å²) in [7, 11) is 0. The van der Waals surface area contributed by atoms with E-state index in [0.717, 1.165) is 5.69 Å². The van der Waals surface area contributed by atoms with Crippen LogP contribution in [0.1, 0.15) is 0 Å². The third kappa shape index (κ3) is 4.31. The van der Waals surface area contributed by atoms with Gasteiger partial charge in [0, 0.05) is 45.1 Å². The Balaban J connectivity index is 1.49. The summed E-state index contributed by atoms with van der Waals surface area (Å²) in [5.41, 5.74) is 6.18. The molecule has 0 radical (unpaired) electrons. The SMILES string of the molecule is NCCOC(=O)N1CCN(C(=O)Oc2ccc(-n3cccn3)cc2)CC1. The van der Waals surface area contributed by atoms with Crippen LogP contribution in [-0.4, -0.2) is 71.1 Å². The van der Waals surface area contributed by atoms with Gasteiger partial charge in [0.05, 0.1) is 5.69 Å². The predicted octanol–water partition coefficient (Wildman–Crippen LogP) is 1.08. The number of hydrogen-bond donors (Lipinski definition) is 1. The Kier molecular flexibility index (Phi) is 5.69. The molecule has 2 heterocycles. The molecular weight excluding hydrogens is 338 g/mol. The molecule has 1 aromatic heterocycles. The minimum absolute atomic E-state index is 0.190. The Labute approximate surface area is 150 Å². The monoisotopic (exact) mass is 359 g/mol. The number of benzene rings is 1. The van der Waals surface area contributed by atoms with Gasteiger partial charge in [0.25, 0.3) is 0 Å². The van der Waals surface area contributed by atoms with E-state index in [2.05, 4.69) is 5.10 Å². The maximum atomic E-state index is 12.3. The van der Waals surface area contributed by atoms with E-state index in [1.807, 2.05) is 24.4 Å². The van der Waals surface area contributed by atoms with Crippen molar-refractivity contribution in [3.63, 3.8) is 0 Å². The lowest BCUT2D eigenvalue weighted by molar-refractivity contribution is 0.0762. The molecule has 0 spiro atoms. The van der Waals surface area contributed by atoms with Gasteiger partial charge in [0.2, 0.25) is 0 Å². The number of hydrogen-bond acceptors (Lipinski definition) is 6. The maximum absolute atomic E-state index is 12.3. The lowest BCUT2D eigenvalue weighted by atomic mass is 10.3. The normalized spacial score (nSPS) is 14.2. The Morgan fingerprint density at radius 3 is 2.27 bits per heavy atom. The van der Waals surface area contributed by atoms with Crippen LogP contribution in [0.4, 0.5) is 9.59 Å². The van der Waals surface area contributed by atoms with E-state index in [1.54, 1.807) is 32.8 Å². The predicted molar refractivity (Wildman–Crippen MR) is 93.1 cm³/mol. The summed E-state index contributed by atoms with van der Waals surface area (Å²) >= 11 is 0. The number of ether oxygens (including phenoxy) is 2. The Morgan fingerprint density at radius 2 is 1.69 bits per heavy atom. The zero-order valence-electron chi connectivity index (χ0n) is 14.3. The van der Waals surface area contributed by atoms with Crippen LogP contribution in [0.3, 0.4) is 0 Å². The van der Waals surface area contributed by atoms with Crippen molar-refractivity contribution in [2.75, 3.05) is 39.3 Å². The van der Waals surface area contributed by atoms with E-state index in [4.69, 9.17) is 15.2 Å². The van der Waals surface area contributed by atoms with Crippen LogP contribution in [0.25, 0.3) is 5.69 Å². The number of carbonyl (C=O) groups excluding carboxylic acids is 2. The standard InChI is InChI=1S/C17H21N5O4/c18-6-13-25-16(23)20-9-11-21(12-10-20)17(24)26-15-4-2-14(3-5-15)22-8-1-7-19-22/h1-5,7-8H,6,9-13,18H2. The van der Waals surface area contributed by atoms with Gasteiger partial charge in [0.15, 0.2) is 0 Å². The maximum Gasteiger partial charge on any atom is 0.415 e. The molecule has 1 aromatic carbocycles. The van der Waals surface area contributed by atoms with Crippen molar-refractivity contribution in [3.05, 3.63) is 42.7 Å². The van der Waals surface area contributed by atoms with Crippen molar-refractivity contribution in [3.8, 4) is 11.4 Å². The molecular formula is C17H21N5O4. The molecule has 0 unspecified atom stereocenters. The van der Waals surface area contributed by atoms with E-state index < -0.39 is 12.2 Å². The van der Waals surface area contributed by atoms with Gasteiger partial charge in [-0.05, 0) is 30.3 Å². The fraction of sp³-hybridized carbons (Fsp3) is 0.353. The van der Waals surface area contributed by atoms with Crippen LogP contribution in [-0.2, 0) is 4.74 Å². The van der Waals surface area contributed by atoms with E-state index in [9.17, 15) is 9.59 Å². The van der Waals surface area contributed by atoms with Crippen molar-refractivity contribution in [2.45, 2.75) is 0 Å². The third-order valence-corrected chi connectivity index (χ3v) is 3.95. The van der Waals surface area contributed by atoms with Crippen LogP contribution in [0.2, 0.25) is 0 Å². The topological polar surface area (TPSA) is 103 Å². The van der Waals surface area contributed by atoms with Gasteiger partial charge in [-0.1, -0.05) is 0 Å². The summed E-state index contributed by atoms with van der Waals surface area (Å²) in [6.07, 6.45) is 2.68.